The number of methoxy groups -OCH3 is 1. The van der Waals surface area contributed by atoms with Gasteiger partial charge in [0.05, 0.1) is 0 Å². The molecule has 0 radical (unpaired) electrons. The maximum absolute atomic E-state index is 12.5. The Bertz CT molecular complexity index is 722. The SMILES string of the molecule is COCCCNC(=O)c1cccc(C(=O)N(C)CCc2ccncc2)n1. The Hall–Kier alpha value is -2.80. The molecule has 0 aliphatic carbocycles. The van der Waals surface area contributed by atoms with Gasteiger partial charge in [0.1, 0.15) is 11.4 Å². The van der Waals surface area contributed by atoms with Crippen molar-refractivity contribution in [3.8, 4) is 0 Å². The summed E-state index contributed by atoms with van der Waals surface area (Å²) in [5, 5.41) is 2.76. The maximum atomic E-state index is 12.5. The summed E-state index contributed by atoms with van der Waals surface area (Å²) in [6.45, 7) is 1.63. The fraction of sp³-hybridized carbons (Fsp3) is 0.368. The minimum atomic E-state index is -0.296. The summed E-state index contributed by atoms with van der Waals surface area (Å²) in [6.07, 6.45) is 4.91. The fourth-order valence-electron chi connectivity index (χ4n) is 2.33. The second-order valence-electron chi connectivity index (χ2n) is 5.84. The fourth-order valence-corrected chi connectivity index (χ4v) is 2.33. The van der Waals surface area contributed by atoms with E-state index in [0.29, 0.717) is 19.7 Å². The van der Waals surface area contributed by atoms with Crippen LogP contribution in [0.5, 0.6) is 0 Å². The molecule has 1 N–H and O–H groups in total. The Morgan fingerprint density at radius 2 is 1.88 bits per heavy atom. The van der Waals surface area contributed by atoms with Crippen LogP contribution in [0, 0.1) is 0 Å². The Morgan fingerprint density at radius 1 is 1.15 bits per heavy atom. The van der Waals surface area contributed by atoms with Crippen molar-refractivity contribution in [3.05, 3.63) is 59.7 Å². The van der Waals surface area contributed by atoms with E-state index < -0.39 is 0 Å². The summed E-state index contributed by atoms with van der Waals surface area (Å²) in [5.41, 5.74) is 1.60. The van der Waals surface area contributed by atoms with E-state index in [1.165, 1.54) is 0 Å². The highest BCUT2D eigenvalue weighted by molar-refractivity contribution is 5.96. The number of nitrogens with one attached hydrogen (secondary N) is 1. The second kappa shape index (κ2) is 10.2. The second-order valence-corrected chi connectivity index (χ2v) is 5.84. The van der Waals surface area contributed by atoms with Gasteiger partial charge in [-0.3, -0.25) is 14.6 Å². The molecule has 138 valence electrons. The zero-order valence-electron chi connectivity index (χ0n) is 15.1. The molecule has 0 bridgehead atoms. The van der Waals surface area contributed by atoms with E-state index in [2.05, 4.69) is 15.3 Å². The van der Waals surface area contributed by atoms with Gasteiger partial charge in [0.2, 0.25) is 0 Å². The molecule has 0 fully saturated rings. The standard InChI is InChI=1S/C19H24N4O3/c1-23(13-9-15-7-11-20-12-8-15)19(25)17-6-3-5-16(22-17)18(24)21-10-4-14-26-2/h3,5-8,11-12H,4,9-10,13-14H2,1-2H3,(H,21,24). The van der Waals surface area contributed by atoms with E-state index in [4.69, 9.17) is 4.74 Å². The Morgan fingerprint density at radius 3 is 2.62 bits per heavy atom. The topological polar surface area (TPSA) is 84.4 Å². The number of likely N-dealkylation sites (N-methyl/N-ethyl adjacent to an activating group) is 1. The zero-order chi connectivity index (χ0) is 18.8. The lowest BCUT2D eigenvalue weighted by Crippen LogP contribution is -2.31. The monoisotopic (exact) mass is 356 g/mol. The van der Waals surface area contributed by atoms with E-state index in [0.717, 1.165) is 18.4 Å². The van der Waals surface area contributed by atoms with Crippen LogP contribution in [0.2, 0.25) is 0 Å². The number of hydrogen-bond acceptors (Lipinski definition) is 5. The highest BCUT2D eigenvalue weighted by atomic mass is 16.5. The predicted molar refractivity (Wildman–Crippen MR) is 98.0 cm³/mol. The number of hydrogen-bond donors (Lipinski definition) is 1. The van der Waals surface area contributed by atoms with Gasteiger partial charge in [-0.05, 0) is 42.7 Å². The number of nitrogens with zero attached hydrogens (tertiary/aromatic N) is 3. The molecule has 0 aromatic carbocycles. The lowest BCUT2D eigenvalue weighted by molar-refractivity contribution is 0.0790. The number of aromatic nitrogens is 2. The molecule has 2 aromatic heterocycles. The van der Waals surface area contributed by atoms with Crippen LogP contribution in [0.1, 0.15) is 33.0 Å². The molecule has 0 saturated heterocycles. The van der Waals surface area contributed by atoms with Crippen molar-refractivity contribution in [1.29, 1.82) is 0 Å². The summed E-state index contributed by atoms with van der Waals surface area (Å²) in [6, 6.07) is 8.73. The highest BCUT2D eigenvalue weighted by Crippen LogP contribution is 2.05. The van der Waals surface area contributed by atoms with Crippen LogP contribution in [0.25, 0.3) is 0 Å². The minimum Gasteiger partial charge on any atom is -0.385 e. The van der Waals surface area contributed by atoms with Gasteiger partial charge in [-0.2, -0.15) is 0 Å². The zero-order valence-corrected chi connectivity index (χ0v) is 15.1. The molecule has 2 heterocycles. The van der Waals surface area contributed by atoms with Gasteiger partial charge in [0.15, 0.2) is 0 Å². The summed E-state index contributed by atoms with van der Waals surface area (Å²) in [7, 11) is 3.34. The number of ether oxygens (including phenoxy) is 1. The van der Waals surface area contributed by atoms with Gasteiger partial charge in [-0.1, -0.05) is 6.07 Å². The van der Waals surface area contributed by atoms with Gasteiger partial charge in [0.25, 0.3) is 11.8 Å². The first-order chi connectivity index (χ1) is 12.6. The van der Waals surface area contributed by atoms with E-state index >= 15 is 0 Å². The molecule has 7 heteroatoms. The molecule has 0 atom stereocenters. The first-order valence-corrected chi connectivity index (χ1v) is 8.50. The first-order valence-electron chi connectivity index (χ1n) is 8.50. The number of carbonyl (C=O) groups is 2. The quantitative estimate of drug-likeness (QED) is 0.689. The molecule has 2 rings (SSSR count). The van der Waals surface area contributed by atoms with Crippen LogP contribution in [0.3, 0.4) is 0 Å². The van der Waals surface area contributed by atoms with Crippen molar-refractivity contribution in [2.75, 3.05) is 33.9 Å². The number of carbonyl (C=O) groups excluding carboxylic acids is 2. The van der Waals surface area contributed by atoms with Gasteiger partial charge in [-0.15, -0.1) is 0 Å². The summed E-state index contributed by atoms with van der Waals surface area (Å²) in [5.74, 6) is -0.511. The molecule has 2 aromatic rings. The number of pyridine rings is 2. The van der Waals surface area contributed by atoms with Crippen molar-refractivity contribution in [2.24, 2.45) is 0 Å². The average molecular weight is 356 g/mol. The smallest absolute Gasteiger partial charge is 0.272 e. The first kappa shape index (κ1) is 19.5. The largest absolute Gasteiger partial charge is 0.385 e. The van der Waals surface area contributed by atoms with Crippen LogP contribution >= 0.6 is 0 Å². The number of rotatable bonds is 9. The van der Waals surface area contributed by atoms with Crippen LogP contribution in [-0.4, -0.2) is 60.5 Å². The Balaban J connectivity index is 1.92. The summed E-state index contributed by atoms with van der Waals surface area (Å²) in [4.78, 5) is 34.4. The molecule has 0 unspecified atom stereocenters. The molecule has 2 amide bonds. The molecular weight excluding hydrogens is 332 g/mol. The van der Waals surface area contributed by atoms with Crippen molar-refractivity contribution in [3.63, 3.8) is 0 Å². The van der Waals surface area contributed by atoms with Crippen molar-refractivity contribution in [2.45, 2.75) is 12.8 Å². The third-order valence-corrected chi connectivity index (χ3v) is 3.84. The van der Waals surface area contributed by atoms with Crippen LogP contribution in [-0.2, 0) is 11.2 Å². The van der Waals surface area contributed by atoms with E-state index in [9.17, 15) is 9.59 Å². The molecule has 0 aliphatic rings. The average Bonchev–Trinajstić information content (AvgIpc) is 2.69. The Kier molecular flexibility index (Phi) is 7.70. The van der Waals surface area contributed by atoms with Gasteiger partial charge in [-0.25, -0.2) is 4.98 Å². The van der Waals surface area contributed by atoms with E-state index in [-0.39, 0.29) is 23.2 Å². The van der Waals surface area contributed by atoms with Crippen LogP contribution in [0.15, 0.2) is 42.7 Å². The van der Waals surface area contributed by atoms with Gasteiger partial charge >= 0.3 is 0 Å². The normalized spacial score (nSPS) is 10.4. The summed E-state index contributed by atoms with van der Waals surface area (Å²) >= 11 is 0. The third-order valence-electron chi connectivity index (χ3n) is 3.84. The van der Waals surface area contributed by atoms with Crippen LogP contribution in [0.4, 0.5) is 0 Å². The Labute approximate surface area is 153 Å². The van der Waals surface area contributed by atoms with Crippen LogP contribution < -0.4 is 5.32 Å². The van der Waals surface area contributed by atoms with Crippen molar-refractivity contribution in [1.82, 2.24) is 20.2 Å². The minimum absolute atomic E-state index is 0.215. The van der Waals surface area contributed by atoms with E-state index in [1.54, 1.807) is 49.7 Å². The predicted octanol–water partition coefficient (Wildman–Crippen LogP) is 1.56. The summed E-state index contributed by atoms with van der Waals surface area (Å²) < 4.78 is 4.94. The lowest BCUT2D eigenvalue weighted by Gasteiger charge is -2.17. The molecule has 26 heavy (non-hydrogen) atoms. The third kappa shape index (κ3) is 5.93. The molecule has 0 spiro atoms. The maximum Gasteiger partial charge on any atom is 0.272 e. The highest BCUT2D eigenvalue weighted by Gasteiger charge is 2.15. The van der Waals surface area contributed by atoms with Crippen molar-refractivity contribution < 1.29 is 14.3 Å². The number of amides is 2. The molecular formula is C19H24N4O3. The van der Waals surface area contributed by atoms with Gasteiger partial charge in [0, 0.05) is 46.2 Å². The van der Waals surface area contributed by atoms with Crippen molar-refractivity contribution >= 4 is 11.8 Å². The molecule has 0 aliphatic heterocycles. The lowest BCUT2D eigenvalue weighted by atomic mass is 10.2. The molecule has 7 nitrogen and oxygen atoms in total. The molecule has 0 saturated carbocycles. The van der Waals surface area contributed by atoms with Gasteiger partial charge < -0.3 is 15.0 Å². The van der Waals surface area contributed by atoms with E-state index in [1.807, 2.05) is 12.1 Å².